The van der Waals surface area contributed by atoms with E-state index in [0.717, 1.165) is 4.31 Å². The highest BCUT2D eigenvalue weighted by Gasteiger charge is 2.23. The highest BCUT2D eigenvalue weighted by molar-refractivity contribution is 7.89. The van der Waals surface area contributed by atoms with Crippen molar-refractivity contribution in [2.75, 3.05) is 14.1 Å². The van der Waals surface area contributed by atoms with Gasteiger partial charge in [-0.2, -0.15) is 0 Å². The van der Waals surface area contributed by atoms with Crippen LogP contribution in [0, 0.1) is 0 Å². The molecule has 0 atom stereocenters. The molecule has 0 spiro atoms. The highest BCUT2D eigenvalue weighted by Crippen LogP contribution is 2.25. The number of H-pyrrole nitrogens is 2. The van der Waals surface area contributed by atoms with Crippen LogP contribution in [-0.4, -0.2) is 41.4 Å². The molecule has 0 saturated carbocycles. The number of nitrogens with one attached hydrogen (secondary N) is 2. The van der Waals surface area contributed by atoms with Gasteiger partial charge in [0.1, 0.15) is 4.90 Å². The molecular formula is C15H14N4O5S. The SMILES string of the molecule is CN(C)S(=O)(=O)c1cc2[nH]c(=O)c(=O)[nH]c2cc1-n1ccc(=O)cc1. The van der Waals surface area contributed by atoms with Crippen molar-refractivity contribution in [3.63, 3.8) is 0 Å². The van der Waals surface area contributed by atoms with Gasteiger partial charge in [-0.15, -0.1) is 0 Å². The van der Waals surface area contributed by atoms with E-state index in [1.165, 1.54) is 55.3 Å². The van der Waals surface area contributed by atoms with Crippen molar-refractivity contribution in [1.29, 1.82) is 0 Å². The summed E-state index contributed by atoms with van der Waals surface area (Å²) in [5.74, 6) is 0. The number of fused-ring (bicyclic) bond motifs is 1. The summed E-state index contributed by atoms with van der Waals surface area (Å²) in [5, 5.41) is 0. The molecule has 3 rings (SSSR count). The summed E-state index contributed by atoms with van der Waals surface area (Å²) < 4.78 is 27.8. The Balaban J connectivity index is 2.45. The van der Waals surface area contributed by atoms with Crippen molar-refractivity contribution in [2.24, 2.45) is 0 Å². The van der Waals surface area contributed by atoms with Gasteiger partial charge >= 0.3 is 11.1 Å². The monoisotopic (exact) mass is 362 g/mol. The summed E-state index contributed by atoms with van der Waals surface area (Å²) in [4.78, 5) is 39.0. The number of aromatic amines is 2. The van der Waals surface area contributed by atoms with Crippen molar-refractivity contribution in [2.45, 2.75) is 4.90 Å². The van der Waals surface area contributed by atoms with E-state index >= 15 is 0 Å². The molecule has 0 aliphatic heterocycles. The first kappa shape index (κ1) is 16.9. The Morgan fingerprint density at radius 2 is 1.44 bits per heavy atom. The van der Waals surface area contributed by atoms with E-state index in [1.807, 2.05) is 0 Å². The van der Waals surface area contributed by atoms with E-state index in [0.29, 0.717) is 0 Å². The quantitative estimate of drug-likeness (QED) is 0.614. The molecule has 0 fully saturated rings. The second-order valence-corrected chi connectivity index (χ2v) is 7.62. The molecule has 0 aliphatic rings. The maximum absolute atomic E-state index is 12.7. The topological polar surface area (TPSA) is 125 Å². The second kappa shape index (κ2) is 5.83. The molecule has 25 heavy (non-hydrogen) atoms. The van der Waals surface area contributed by atoms with E-state index in [2.05, 4.69) is 9.97 Å². The van der Waals surface area contributed by atoms with Gasteiger partial charge in [-0.25, -0.2) is 12.7 Å². The van der Waals surface area contributed by atoms with E-state index in [-0.39, 0.29) is 27.0 Å². The number of hydrogen-bond donors (Lipinski definition) is 2. The van der Waals surface area contributed by atoms with Crippen LogP contribution in [0.4, 0.5) is 0 Å². The van der Waals surface area contributed by atoms with Gasteiger partial charge in [-0.05, 0) is 12.1 Å². The maximum Gasteiger partial charge on any atom is 0.314 e. The first-order valence-electron chi connectivity index (χ1n) is 7.12. The third-order valence-corrected chi connectivity index (χ3v) is 5.48. The fourth-order valence-electron chi connectivity index (χ4n) is 2.31. The Labute approximate surface area is 141 Å². The van der Waals surface area contributed by atoms with Crippen molar-refractivity contribution in [3.8, 4) is 5.69 Å². The van der Waals surface area contributed by atoms with Crippen LogP contribution in [0.15, 0.2) is 55.9 Å². The first-order valence-corrected chi connectivity index (χ1v) is 8.56. The lowest BCUT2D eigenvalue weighted by Gasteiger charge is -2.17. The maximum atomic E-state index is 12.7. The van der Waals surface area contributed by atoms with Crippen LogP contribution in [0.2, 0.25) is 0 Å². The molecule has 0 amide bonds. The molecule has 0 unspecified atom stereocenters. The largest absolute Gasteiger partial charge is 0.322 e. The van der Waals surface area contributed by atoms with Gasteiger partial charge in [0.05, 0.1) is 16.7 Å². The molecule has 3 aromatic rings. The van der Waals surface area contributed by atoms with E-state index in [4.69, 9.17) is 0 Å². The zero-order valence-electron chi connectivity index (χ0n) is 13.3. The lowest BCUT2D eigenvalue weighted by Crippen LogP contribution is -2.29. The Bertz CT molecular complexity index is 1230. The number of sulfonamides is 1. The summed E-state index contributed by atoms with van der Waals surface area (Å²) in [5.41, 5.74) is -1.29. The second-order valence-electron chi connectivity index (χ2n) is 5.50. The molecule has 130 valence electrons. The summed E-state index contributed by atoms with van der Waals surface area (Å²) in [7, 11) is -1.10. The van der Waals surface area contributed by atoms with Crippen LogP contribution >= 0.6 is 0 Å². The fourth-order valence-corrected chi connectivity index (χ4v) is 3.40. The molecule has 10 heteroatoms. The van der Waals surface area contributed by atoms with Crippen LogP contribution in [0.1, 0.15) is 0 Å². The van der Waals surface area contributed by atoms with Gasteiger partial charge in [-0.3, -0.25) is 14.4 Å². The fraction of sp³-hybridized carbons (Fsp3) is 0.133. The molecule has 0 saturated heterocycles. The van der Waals surface area contributed by atoms with Gasteiger partial charge in [0.2, 0.25) is 10.0 Å². The number of aromatic nitrogens is 3. The molecule has 0 radical (unpaired) electrons. The average Bonchev–Trinajstić information content (AvgIpc) is 2.55. The third-order valence-electron chi connectivity index (χ3n) is 3.64. The first-order chi connectivity index (χ1) is 11.7. The summed E-state index contributed by atoms with van der Waals surface area (Å²) >= 11 is 0. The molecule has 2 heterocycles. The normalized spacial score (nSPS) is 12.0. The standard InChI is InChI=1S/C15H14N4O5S/c1-18(2)25(23,24)13-8-11-10(16-14(21)15(22)17-11)7-12(13)19-5-3-9(20)4-6-19/h3-8H,1-2H3,(H,16,21)(H,17,22). The molecular weight excluding hydrogens is 348 g/mol. The van der Waals surface area contributed by atoms with Gasteiger partial charge in [0.25, 0.3) is 0 Å². The minimum absolute atomic E-state index is 0.0867. The van der Waals surface area contributed by atoms with Gasteiger partial charge in [-0.1, -0.05) is 0 Å². The highest BCUT2D eigenvalue weighted by atomic mass is 32.2. The third kappa shape index (κ3) is 2.92. The molecule has 1 aromatic carbocycles. The van der Waals surface area contributed by atoms with Gasteiger partial charge in [0.15, 0.2) is 5.43 Å². The number of benzene rings is 1. The van der Waals surface area contributed by atoms with Crippen LogP contribution in [0.25, 0.3) is 16.7 Å². The number of hydrogen-bond acceptors (Lipinski definition) is 5. The Kier molecular flexibility index (Phi) is 3.93. The average molecular weight is 362 g/mol. The number of pyridine rings is 1. The summed E-state index contributed by atoms with van der Waals surface area (Å²) in [6.45, 7) is 0. The van der Waals surface area contributed by atoms with E-state index in [9.17, 15) is 22.8 Å². The zero-order chi connectivity index (χ0) is 18.4. The predicted molar refractivity (Wildman–Crippen MR) is 91.7 cm³/mol. The molecule has 0 aliphatic carbocycles. The smallest absolute Gasteiger partial charge is 0.314 e. The zero-order valence-corrected chi connectivity index (χ0v) is 14.1. The minimum atomic E-state index is -3.86. The Morgan fingerprint density at radius 1 is 0.920 bits per heavy atom. The Morgan fingerprint density at radius 3 is 1.96 bits per heavy atom. The van der Waals surface area contributed by atoms with Crippen molar-refractivity contribution in [1.82, 2.24) is 18.8 Å². The van der Waals surface area contributed by atoms with Crippen molar-refractivity contribution < 1.29 is 8.42 Å². The predicted octanol–water partition coefficient (Wildman–Crippen LogP) is -0.382. The van der Waals surface area contributed by atoms with Crippen LogP contribution in [0.5, 0.6) is 0 Å². The number of rotatable bonds is 3. The van der Waals surface area contributed by atoms with Gasteiger partial charge < -0.3 is 14.5 Å². The van der Waals surface area contributed by atoms with Crippen molar-refractivity contribution >= 4 is 21.1 Å². The molecule has 0 bridgehead atoms. The minimum Gasteiger partial charge on any atom is -0.322 e. The number of nitrogens with zero attached hydrogens (tertiary/aromatic N) is 2. The van der Waals surface area contributed by atoms with Crippen LogP contribution in [-0.2, 0) is 10.0 Å². The molecule has 9 nitrogen and oxygen atoms in total. The van der Waals surface area contributed by atoms with Crippen molar-refractivity contribution in [3.05, 3.63) is 67.6 Å². The van der Waals surface area contributed by atoms with Gasteiger partial charge in [0, 0.05) is 38.6 Å². The summed E-state index contributed by atoms with van der Waals surface area (Å²) in [6.07, 6.45) is 2.84. The lowest BCUT2D eigenvalue weighted by atomic mass is 10.2. The van der Waals surface area contributed by atoms with Crippen LogP contribution < -0.4 is 16.5 Å². The van der Waals surface area contributed by atoms with E-state index < -0.39 is 21.1 Å². The Hall–Kier alpha value is -2.98. The molecule has 2 N–H and O–H groups in total. The summed E-state index contributed by atoms with van der Waals surface area (Å²) in [6, 6.07) is 5.26. The van der Waals surface area contributed by atoms with Crippen LogP contribution in [0.3, 0.4) is 0 Å². The molecule has 2 aromatic heterocycles. The lowest BCUT2D eigenvalue weighted by molar-refractivity contribution is 0.520. The van der Waals surface area contributed by atoms with E-state index in [1.54, 1.807) is 0 Å².